The van der Waals surface area contributed by atoms with Crippen molar-refractivity contribution in [1.29, 1.82) is 0 Å². The lowest BCUT2D eigenvalue weighted by Gasteiger charge is -2.29. The summed E-state index contributed by atoms with van der Waals surface area (Å²) in [6.07, 6.45) is 0.107. The van der Waals surface area contributed by atoms with E-state index in [9.17, 15) is 29.1 Å². The maximum atomic E-state index is 13.3. The van der Waals surface area contributed by atoms with E-state index in [4.69, 9.17) is 42.6 Å². The number of anilines is 1. The highest BCUT2D eigenvalue weighted by Crippen LogP contribution is 2.52. The van der Waals surface area contributed by atoms with E-state index < -0.39 is 59.8 Å². The Morgan fingerprint density at radius 1 is 0.812 bits per heavy atom. The number of phenolic OH excluding ortho intramolecular Hbond substituents is 1. The molecule has 0 aromatic heterocycles. The van der Waals surface area contributed by atoms with Crippen LogP contribution in [-0.2, 0) is 42.9 Å². The van der Waals surface area contributed by atoms with E-state index in [0.29, 0.717) is 44.3 Å². The monoisotopic (exact) mass is 888 g/mol. The number of hydrogen-bond acceptors (Lipinski definition) is 15. The van der Waals surface area contributed by atoms with Gasteiger partial charge in [-0.1, -0.05) is 58.2 Å². The average molecular weight is 889 g/mol. The predicted octanol–water partition coefficient (Wildman–Crippen LogP) is 6.31. The lowest BCUT2D eigenvalue weighted by molar-refractivity contribution is -0.175. The fourth-order valence-corrected chi connectivity index (χ4v) is 8.64. The first kappa shape index (κ1) is 45.9. The molecule has 0 bridgehead atoms. The molecule has 0 saturated carbocycles. The van der Waals surface area contributed by atoms with Crippen molar-refractivity contribution in [2.24, 2.45) is 23.7 Å². The summed E-state index contributed by atoms with van der Waals surface area (Å²) in [7, 11) is 0. The molecule has 8 rings (SSSR count). The molecule has 3 aromatic carbocycles. The number of carbonyl (C=O) groups excluding carboxylic acids is 5. The normalized spacial score (nSPS) is 26.6. The van der Waals surface area contributed by atoms with Crippen LogP contribution in [0.15, 0.2) is 54.6 Å². The maximum absolute atomic E-state index is 13.3. The lowest BCUT2D eigenvalue weighted by atomic mass is 9.85. The second-order valence-electron chi connectivity index (χ2n) is 16.9. The van der Waals surface area contributed by atoms with Crippen LogP contribution in [0.4, 0.5) is 5.69 Å². The van der Waals surface area contributed by atoms with Gasteiger partial charge in [-0.3, -0.25) is 19.2 Å². The highest BCUT2D eigenvalue weighted by atomic mass is 16.7. The zero-order valence-corrected chi connectivity index (χ0v) is 36.6. The molecule has 344 valence electrons. The molecule has 3 N–H and O–H groups in total. The summed E-state index contributed by atoms with van der Waals surface area (Å²) in [5, 5.41) is 15.1. The molecule has 9 atom stereocenters. The molecule has 3 aromatic rings. The summed E-state index contributed by atoms with van der Waals surface area (Å²) >= 11 is 0. The Labute approximate surface area is 371 Å². The van der Waals surface area contributed by atoms with Crippen LogP contribution in [-0.4, -0.2) is 86.5 Å². The van der Waals surface area contributed by atoms with Crippen molar-refractivity contribution in [3.8, 4) is 28.7 Å². The third kappa shape index (κ3) is 10.3. The number of unbranched alkanes of at least 4 members (excludes halogenated alkanes) is 2. The second-order valence-corrected chi connectivity index (χ2v) is 16.9. The molecule has 5 heterocycles. The first-order chi connectivity index (χ1) is 30.9. The fourth-order valence-electron chi connectivity index (χ4n) is 8.64. The molecule has 2 amide bonds. The van der Waals surface area contributed by atoms with Gasteiger partial charge in [0.15, 0.2) is 40.9 Å². The first-order valence-electron chi connectivity index (χ1n) is 21.8. The topological polar surface area (TPSA) is 213 Å². The van der Waals surface area contributed by atoms with Crippen molar-refractivity contribution in [1.82, 2.24) is 5.32 Å². The molecule has 17 heteroatoms. The number of aromatic hydroxyl groups is 1. The molecular weight excluding hydrogens is 833 g/mol. The zero-order chi connectivity index (χ0) is 45.5. The third-order valence-corrected chi connectivity index (χ3v) is 11.9. The van der Waals surface area contributed by atoms with E-state index in [2.05, 4.69) is 22.8 Å². The van der Waals surface area contributed by atoms with Gasteiger partial charge in [-0.2, -0.15) is 0 Å². The van der Waals surface area contributed by atoms with Gasteiger partial charge in [-0.05, 0) is 73.7 Å². The van der Waals surface area contributed by atoms with Gasteiger partial charge in [0.1, 0.15) is 12.2 Å². The number of ether oxygens (including phenoxy) is 9. The van der Waals surface area contributed by atoms with Crippen molar-refractivity contribution >= 4 is 35.9 Å². The fraction of sp³-hybridized carbons (Fsp3) is 0.511. The molecule has 5 aliphatic heterocycles. The van der Waals surface area contributed by atoms with E-state index in [0.717, 1.165) is 47.0 Å². The molecule has 0 aliphatic carbocycles. The minimum absolute atomic E-state index is 0.00114. The molecule has 64 heavy (non-hydrogen) atoms. The van der Waals surface area contributed by atoms with E-state index in [1.165, 1.54) is 32.0 Å². The van der Waals surface area contributed by atoms with Crippen LogP contribution in [0.1, 0.15) is 100 Å². The number of para-hydroxylation sites is 1. The van der Waals surface area contributed by atoms with Crippen LogP contribution < -0.4 is 29.6 Å². The van der Waals surface area contributed by atoms with Crippen LogP contribution in [0.2, 0.25) is 0 Å². The van der Waals surface area contributed by atoms with Crippen molar-refractivity contribution in [2.75, 3.05) is 32.1 Å². The van der Waals surface area contributed by atoms with Gasteiger partial charge in [-0.15, -0.1) is 0 Å². The number of cyclic esters (lactones) is 2. The SMILES string of the molecule is CCCCCC1C(=O)OC(C)C(NC(=O)c2cccc(NC=O)c2O)C(=O)OC(C)C1OC(=O)CC(C)C.c1cc2c(cc1C1OCC3C(c4ccc5c(c4)OCO5)OCC13)OCO2. The Morgan fingerprint density at radius 2 is 1.41 bits per heavy atom. The number of esters is 3. The number of nitrogens with one attached hydrogen (secondary N) is 2. The van der Waals surface area contributed by atoms with Crippen molar-refractivity contribution in [2.45, 2.75) is 103 Å². The summed E-state index contributed by atoms with van der Waals surface area (Å²) in [5.74, 6) is -0.449. The van der Waals surface area contributed by atoms with Crippen LogP contribution in [0.5, 0.6) is 28.7 Å². The summed E-state index contributed by atoms with van der Waals surface area (Å²) in [4.78, 5) is 62.7. The number of hydrogen-bond donors (Lipinski definition) is 3. The van der Waals surface area contributed by atoms with Gasteiger partial charge in [0.25, 0.3) is 5.91 Å². The highest BCUT2D eigenvalue weighted by Gasteiger charge is 2.49. The Hall–Kier alpha value is -6.07. The Morgan fingerprint density at radius 3 is 1.98 bits per heavy atom. The standard InChI is InChI=1S/C27H38N2O9.C20H18O6/c1-6-7-8-10-19-24(38-21(31)13-15(2)3)17(5)37-27(35)22(16(4)36-26(19)34)29-25(33)18-11-9-12-20(23(18)32)28-14-30;1-3-15-17(25-9-23-15)5-11(1)19-13-7-22-20(14(13)8-21-19)12-2-4-16-18(6-12)26-10-24-16/h9,11-12,14-17,19,22,24,32H,6-8,10,13H2,1-5H3,(H,28,30)(H,29,33);1-6,13-14,19-20H,7-10H2. The number of phenols is 1. The lowest BCUT2D eigenvalue weighted by Crippen LogP contribution is -2.50. The number of benzene rings is 3. The molecule has 5 aliphatic rings. The molecule has 0 spiro atoms. The van der Waals surface area contributed by atoms with Gasteiger partial charge in [0, 0.05) is 18.3 Å². The quantitative estimate of drug-likeness (QED) is 0.0564. The van der Waals surface area contributed by atoms with E-state index in [1.807, 2.05) is 45.0 Å². The van der Waals surface area contributed by atoms with E-state index in [1.54, 1.807) is 0 Å². The Balaban J connectivity index is 0.000000203. The number of rotatable bonds is 13. The predicted molar refractivity (Wildman–Crippen MR) is 227 cm³/mol. The highest BCUT2D eigenvalue weighted by molar-refractivity contribution is 6.01. The molecule has 9 unspecified atom stereocenters. The summed E-state index contributed by atoms with van der Waals surface area (Å²) < 4.78 is 51.1. The second kappa shape index (κ2) is 20.6. The average Bonchev–Trinajstić information content (AvgIpc) is 4.09. The minimum atomic E-state index is -1.42. The van der Waals surface area contributed by atoms with Crippen LogP contribution >= 0.6 is 0 Å². The minimum Gasteiger partial charge on any atom is -0.505 e. The van der Waals surface area contributed by atoms with Crippen LogP contribution in [0.3, 0.4) is 0 Å². The van der Waals surface area contributed by atoms with Gasteiger partial charge in [-0.25, -0.2) is 4.79 Å². The molecule has 3 saturated heterocycles. The Kier molecular flexibility index (Phi) is 14.8. The van der Waals surface area contributed by atoms with Crippen LogP contribution in [0.25, 0.3) is 0 Å². The van der Waals surface area contributed by atoms with E-state index >= 15 is 0 Å². The number of fused-ring (bicyclic) bond motifs is 3. The van der Waals surface area contributed by atoms with Crippen LogP contribution in [0, 0.1) is 23.7 Å². The Bertz CT molecular complexity index is 2110. The van der Waals surface area contributed by atoms with Crippen molar-refractivity contribution in [3.05, 3.63) is 71.3 Å². The molecule has 17 nitrogen and oxygen atoms in total. The first-order valence-corrected chi connectivity index (χ1v) is 21.8. The molecule has 3 fully saturated rings. The molecular formula is C47H56N2O15. The van der Waals surface area contributed by atoms with E-state index in [-0.39, 0.29) is 49.4 Å². The number of carbonyl (C=O) groups is 5. The zero-order valence-electron chi connectivity index (χ0n) is 36.6. The van der Waals surface area contributed by atoms with Gasteiger partial charge in [0.2, 0.25) is 20.0 Å². The van der Waals surface area contributed by atoms with Gasteiger partial charge < -0.3 is 58.4 Å². The third-order valence-electron chi connectivity index (χ3n) is 11.9. The smallest absolute Gasteiger partial charge is 0.332 e. The summed E-state index contributed by atoms with van der Waals surface area (Å²) in [6.45, 7) is 10.6. The maximum Gasteiger partial charge on any atom is 0.332 e. The summed E-state index contributed by atoms with van der Waals surface area (Å²) in [5.41, 5.74) is 2.03. The van der Waals surface area contributed by atoms with Gasteiger partial charge in [0.05, 0.1) is 42.6 Å². The summed E-state index contributed by atoms with van der Waals surface area (Å²) in [6, 6.07) is 14.8. The van der Waals surface area contributed by atoms with Crippen molar-refractivity contribution < 1.29 is 71.7 Å². The number of amides is 2. The molecule has 0 radical (unpaired) electrons. The van der Waals surface area contributed by atoms with Gasteiger partial charge >= 0.3 is 17.9 Å². The largest absolute Gasteiger partial charge is 0.505 e. The van der Waals surface area contributed by atoms with Crippen molar-refractivity contribution in [3.63, 3.8) is 0 Å².